The van der Waals surface area contributed by atoms with Gasteiger partial charge in [0.15, 0.2) is 11.6 Å². The first kappa shape index (κ1) is 36.8. The van der Waals surface area contributed by atoms with E-state index in [0.717, 1.165) is 78.5 Å². The SMILES string of the molecule is C.C#C.C=C/C(N)=C/C=Nc1cc(CC[C@@H]2CCCN2C)nc(C(=N)/C(CCC)=C(\C)[C@H]2CCCc3sc(P)c(C#N)c32)n1. The summed E-state index contributed by atoms with van der Waals surface area (Å²) >= 11 is 1.72. The molecule has 9 heteroatoms. The highest BCUT2D eigenvalue weighted by Gasteiger charge is 2.30. The minimum absolute atomic E-state index is 0. The number of hydrogen-bond acceptors (Lipinski definition) is 8. The zero-order valence-electron chi connectivity index (χ0n) is 25.7. The molecule has 44 heavy (non-hydrogen) atoms. The van der Waals surface area contributed by atoms with Crippen LogP contribution in [0, 0.1) is 29.6 Å². The van der Waals surface area contributed by atoms with Gasteiger partial charge in [0.25, 0.3) is 0 Å². The van der Waals surface area contributed by atoms with E-state index in [-0.39, 0.29) is 13.3 Å². The van der Waals surface area contributed by atoms with Crippen molar-refractivity contribution in [1.82, 2.24) is 14.9 Å². The third-order valence-corrected chi connectivity index (χ3v) is 10.0. The van der Waals surface area contributed by atoms with Crippen LogP contribution in [0.5, 0.6) is 0 Å². The fourth-order valence-corrected chi connectivity index (χ4v) is 7.83. The summed E-state index contributed by atoms with van der Waals surface area (Å²) in [5.41, 5.74) is 11.7. The number of terminal acetylenes is 1. The van der Waals surface area contributed by atoms with Gasteiger partial charge in [-0.05, 0) is 95.2 Å². The Balaban J connectivity index is 0.00000220. The van der Waals surface area contributed by atoms with Crippen LogP contribution in [-0.4, -0.2) is 46.4 Å². The molecular weight excluding hydrogens is 581 g/mol. The lowest BCUT2D eigenvalue weighted by Crippen LogP contribution is -2.25. The van der Waals surface area contributed by atoms with E-state index in [1.165, 1.54) is 23.3 Å². The molecule has 234 valence electrons. The zero-order valence-corrected chi connectivity index (χ0v) is 27.7. The van der Waals surface area contributed by atoms with Gasteiger partial charge in [0.05, 0.1) is 5.56 Å². The van der Waals surface area contributed by atoms with Crippen molar-refractivity contribution >= 4 is 42.9 Å². The van der Waals surface area contributed by atoms with Crippen molar-refractivity contribution in [3.8, 4) is 18.9 Å². The van der Waals surface area contributed by atoms with Gasteiger partial charge in [-0.1, -0.05) is 42.2 Å². The highest BCUT2D eigenvalue weighted by Crippen LogP contribution is 2.43. The molecule has 4 rings (SSSR count). The molecule has 0 amide bonds. The van der Waals surface area contributed by atoms with E-state index >= 15 is 0 Å². The molecule has 1 saturated heterocycles. The number of nitriles is 1. The maximum Gasteiger partial charge on any atom is 0.180 e. The van der Waals surface area contributed by atoms with Gasteiger partial charge in [-0.25, -0.2) is 15.0 Å². The normalized spacial score (nSPS) is 18.8. The number of fused-ring (bicyclic) bond motifs is 1. The van der Waals surface area contributed by atoms with E-state index < -0.39 is 0 Å². The van der Waals surface area contributed by atoms with Gasteiger partial charge in [-0.3, -0.25) is 5.41 Å². The van der Waals surface area contributed by atoms with Crippen LogP contribution in [0.2, 0.25) is 0 Å². The van der Waals surface area contributed by atoms with Gasteiger partial charge in [-0.2, -0.15) is 5.26 Å². The summed E-state index contributed by atoms with van der Waals surface area (Å²) in [6, 6.07) is 4.93. The topological polar surface area (TPSA) is 115 Å². The van der Waals surface area contributed by atoms with Crippen LogP contribution in [0.3, 0.4) is 0 Å². The Labute approximate surface area is 271 Å². The highest BCUT2D eigenvalue weighted by molar-refractivity contribution is 7.43. The van der Waals surface area contributed by atoms with E-state index in [1.54, 1.807) is 29.7 Å². The summed E-state index contributed by atoms with van der Waals surface area (Å²) in [5.74, 6) is 1.06. The first-order valence-electron chi connectivity index (χ1n) is 14.9. The van der Waals surface area contributed by atoms with Crippen LogP contribution in [0.4, 0.5) is 5.82 Å². The quantitative estimate of drug-likeness (QED) is 0.118. The summed E-state index contributed by atoms with van der Waals surface area (Å²) in [7, 11) is 4.94. The van der Waals surface area contributed by atoms with E-state index in [9.17, 15) is 10.7 Å². The Kier molecular flexibility index (Phi) is 14.8. The molecule has 1 fully saturated rings. The maximum absolute atomic E-state index is 9.95. The second-order valence-electron chi connectivity index (χ2n) is 11.0. The minimum atomic E-state index is 0. The van der Waals surface area contributed by atoms with Crippen LogP contribution < -0.4 is 10.4 Å². The summed E-state index contributed by atoms with van der Waals surface area (Å²) in [4.78, 5) is 17.9. The van der Waals surface area contributed by atoms with Gasteiger partial charge in [-0.15, -0.1) is 24.2 Å². The molecule has 3 N–H and O–H groups in total. The van der Waals surface area contributed by atoms with Gasteiger partial charge in [0, 0.05) is 45.1 Å². The van der Waals surface area contributed by atoms with Crippen LogP contribution in [-0.2, 0) is 12.8 Å². The number of nitrogens with zero attached hydrogens (tertiary/aromatic N) is 5. The summed E-state index contributed by atoms with van der Waals surface area (Å²) < 4.78 is 1.02. The summed E-state index contributed by atoms with van der Waals surface area (Å²) in [6.07, 6.45) is 21.9. The number of thiophene rings is 1. The number of aryl methyl sites for hydroxylation is 2. The summed E-state index contributed by atoms with van der Waals surface area (Å²) in [6.45, 7) is 9.11. The largest absolute Gasteiger partial charge is 0.399 e. The van der Waals surface area contributed by atoms with Crippen LogP contribution in [0.25, 0.3) is 0 Å². The van der Waals surface area contributed by atoms with Crippen LogP contribution in [0.1, 0.15) is 99.7 Å². The van der Waals surface area contributed by atoms with Crippen molar-refractivity contribution in [3.63, 3.8) is 0 Å². The molecule has 2 aromatic rings. The second kappa shape index (κ2) is 17.8. The molecule has 0 spiro atoms. The third kappa shape index (κ3) is 8.82. The number of nitrogens with one attached hydrogen (secondary N) is 1. The molecule has 3 heterocycles. The molecular formula is C35H48N7PS. The average Bonchev–Trinajstić information content (AvgIpc) is 3.59. The van der Waals surface area contributed by atoms with Crippen molar-refractivity contribution < 1.29 is 0 Å². The predicted molar refractivity (Wildman–Crippen MR) is 192 cm³/mol. The first-order valence-corrected chi connectivity index (χ1v) is 16.3. The molecule has 1 unspecified atom stereocenters. The fraction of sp³-hybridized carbons (Fsp3) is 0.457. The molecule has 0 radical (unpaired) electrons. The Morgan fingerprint density at radius 1 is 1.34 bits per heavy atom. The van der Waals surface area contributed by atoms with Crippen molar-refractivity contribution in [2.75, 3.05) is 13.6 Å². The van der Waals surface area contributed by atoms with Gasteiger partial charge >= 0.3 is 0 Å². The monoisotopic (exact) mass is 629 g/mol. The van der Waals surface area contributed by atoms with Crippen LogP contribution >= 0.6 is 20.6 Å². The van der Waals surface area contributed by atoms with Crippen molar-refractivity contribution in [3.05, 3.63) is 69.2 Å². The Morgan fingerprint density at radius 2 is 2.09 bits per heavy atom. The number of likely N-dealkylation sites (tertiary alicyclic amines) is 1. The standard InChI is InChI=1S/C32H42N7PS.C2H2.CH4/c1-5-9-25(20(3)24-11-7-12-27-29(24)26(19-33)32(40)41-27)30(35)31-37-22(13-14-23-10-8-17-39(23)4)18-28(38-31)36-16-15-21(34)6-2;1-2;/h6,15-16,18,23-24,35H,2,5,7-14,17,34,40H2,1,3-4H3;1-2H;1H4/b21-15-,25-20+,35-30?,36-16?;;/t23-,24+;;/m0../s1. The fourth-order valence-electron chi connectivity index (χ4n) is 6.05. The Hall–Kier alpha value is -3.42. The van der Waals surface area contributed by atoms with Crippen molar-refractivity contribution in [1.29, 1.82) is 10.7 Å². The van der Waals surface area contributed by atoms with Gasteiger partial charge < -0.3 is 10.6 Å². The molecule has 0 saturated carbocycles. The van der Waals surface area contributed by atoms with E-state index in [0.29, 0.717) is 29.1 Å². The number of allylic oxidation sites excluding steroid dienone is 4. The van der Waals surface area contributed by atoms with Gasteiger partial charge in [0.1, 0.15) is 11.8 Å². The highest BCUT2D eigenvalue weighted by atomic mass is 32.1. The molecule has 3 atom stereocenters. The number of aromatic nitrogens is 2. The molecule has 0 aromatic carbocycles. The lowest BCUT2D eigenvalue weighted by atomic mass is 9.78. The Bertz CT molecular complexity index is 1470. The summed E-state index contributed by atoms with van der Waals surface area (Å²) in [5, 5.41) is 19.3. The predicted octanol–water partition coefficient (Wildman–Crippen LogP) is 7.16. The molecule has 2 aromatic heterocycles. The van der Waals surface area contributed by atoms with Crippen LogP contribution in [0.15, 0.2) is 46.6 Å². The maximum atomic E-state index is 9.95. The Morgan fingerprint density at radius 3 is 2.73 bits per heavy atom. The molecule has 2 aliphatic rings. The van der Waals surface area contributed by atoms with E-state index in [4.69, 9.17) is 15.7 Å². The number of aliphatic imine (C=N–C) groups is 1. The average molecular weight is 630 g/mol. The zero-order chi connectivity index (χ0) is 31.5. The van der Waals surface area contributed by atoms with E-state index in [2.05, 4.69) is 65.5 Å². The van der Waals surface area contributed by atoms with Crippen molar-refractivity contribution in [2.45, 2.75) is 91.0 Å². The first-order chi connectivity index (χ1) is 20.8. The van der Waals surface area contributed by atoms with E-state index in [1.807, 2.05) is 6.07 Å². The molecule has 1 aliphatic heterocycles. The van der Waals surface area contributed by atoms with Crippen molar-refractivity contribution in [2.24, 2.45) is 10.7 Å². The minimum Gasteiger partial charge on any atom is -0.399 e. The smallest absolute Gasteiger partial charge is 0.180 e. The molecule has 1 aliphatic carbocycles. The second-order valence-corrected chi connectivity index (χ2v) is 13.2. The number of nitrogens with two attached hydrogens (primary N) is 1. The molecule has 0 bridgehead atoms. The lowest BCUT2D eigenvalue weighted by molar-refractivity contribution is 0.296. The molecule has 7 nitrogen and oxygen atoms in total. The third-order valence-electron chi connectivity index (χ3n) is 8.31. The lowest BCUT2D eigenvalue weighted by Gasteiger charge is -2.26. The number of hydrogen-bond donors (Lipinski definition) is 2. The number of rotatable bonds is 11. The van der Waals surface area contributed by atoms with Gasteiger partial charge in [0.2, 0.25) is 0 Å².